The molecule has 0 aromatic rings. The van der Waals surface area contributed by atoms with Crippen LogP contribution in [-0.2, 0) is 9.59 Å². The number of likely N-dealkylation sites (tertiary alicyclic amines) is 1. The predicted molar refractivity (Wildman–Crippen MR) is 61.6 cm³/mol. The maximum absolute atomic E-state index is 12.0. The average Bonchev–Trinajstić information content (AvgIpc) is 2.90. The summed E-state index contributed by atoms with van der Waals surface area (Å²) < 4.78 is 0. The quantitative estimate of drug-likeness (QED) is 0.647. The van der Waals surface area contributed by atoms with Crippen LogP contribution in [0.2, 0.25) is 0 Å². The van der Waals surface area contributed by atoms with Crippen molar-refractivity contribution >= 4 is 17.8 Å². The first kappa shape index (κ1) is 12.8. The van der Waals surface area contributed by atoms with Crippen LogP contribution in [0.1, 0.15) is 12.8 Å². The van der Waals surface area contributed by atoms with E-state index in [2.05, 4.69) is 0 Å². The van der Waals surface area contributed by atoms with E-state index in [1.54, 1.807) is 4.90 Å². The maximum atomic E-state index is 12.0. The zero-order valence-corrected chi connectivity index (χ0v) is 10.3. The van der Waals surface area contributed by atoms with Crippen LogP contribution in [0, 0.1) is 0 Å². The van der Waals surface area contributed by atoms with Crippen molar-refractivity contribution in [2.75, 3.05) is 33.3 Å². The number of rotatable bonds is 3. The number of hydrogen-bond donors (Lipinski definition) is 1. The minimum atomic E-state index is -0.437. The molecule has 7 heteroatoms. The molecule has 0 aromatic heterocycles. The van der Waals surface area contributed by atoms with Crippen LogP contribution >= 0.6 is 0 Å². The zero-order valence-electron chi connectivity index (χ0n) is 10.3. The van der Waals surface area contributed by atoms with Crippen molar-refractivity contribution in [2.24, 2.45) is 0 Å². The summed E-state index contributed by atoms with van der Waals surface area (Å²) in [5.41, 5.74) is 0. The van der Waals surface area contributed by atoms with Crippen LogP contribution in [0.4, 0.5) is 4.79 Å². The van der Waals surface area contributed by atoms with Gasteiger partial charge in [-0.05, 0) is 12.8 Å². The number of likely N-dealkylation sites (N-methyl/N-ethyl adjacent to an activating group) is 1. The van der Waals surface area contributed by atoms with Crippen molar-refractivity contribution in [1.29, 1.82) is 0 Å². The number of urea groups is 1. The highest BCUT2D eigenvalue weighted by molar-refractivity contribution is 6.04. The number of amides is 4. The van der Waals surface area contributed by atoms with Crippen molar-refractivity contribution in [2.45, 2.75) is 18.9 Å². The highest BCUT2D eigenvalue weighted by Gasteiger charge is 2.37. The number of nitrogens with zero attached hydrogens (tertiary/aromatic N) is 3. The first-order chi connectivity index (χ1) is 8.54. The Kier molecular flexibility index (Phi) is 3.51. The molecule has 0 aromatic carbocycles. The van der Waals surface area contributed by atoms with Gasteiger partial charge in [-0.2, -0.15) is 0 Å². The van der Waals surface area contributed by atoms with Crippen molar-refractivity contribution in [1.82, 2.24) is 14.7 Å². The Bertz CT molecular complexity index is 384. The van der Waals surface area contributed by atoms with E-state index in [0.29, 0.717) is 6.54 Å². The fraction of sp³-hybridized carbons (Fsp3) is 0.727. The van der Waals surface area contributed by atoms with E-state index in [-0.39, 0.29) is 37.6 Å². The summed E-state index contributed by atoms with van der Waals surface area (Å²) in [6.07, 6.45) is 1.61. The van der Waals surface area contributed by atoms with Gasteiger partial charge in [0.05, 0.1) is 12.6 Å². The normalized spacial score (nSPS) is 24.3. The highest BCUT2D eigenvalue weighted by Crippen LogP contribution is 2.18. The molecule has 4 amide bonds. The summed E-state index contributed by atoms with van der Waals surface area (Å²) in [6.45, 7) is 0.303. The van der Waals surface area contributed by atoms with Gasteiger partial charge in [-0.3, -0.25) is 14.5 Å². The first-order valence-corrected chi connectivity index (χ1v) is 6.00. The van der Waals surface area contributed by atoms with Crippen molar-refractivity contribution < 1.29 is 19.5 Å². The molecule has 0 bridgehead atoms. The Balaban J connectivity index is 1.99. The molecule has 0 saturated carbocycles. The van der Waals surface area contributed by atoms with Gasteiger partial charge in [0.25, 0.3) is 5.91 Å². The van der Waals surface area contributed by atoms with Gasteiger partial charge in [0.2, 0.25) is 5.91 Å². The molecule has 100 valence electrons. The summed E-state index contributed by atoms with van der Waals surface area (Å²) in [4.78, 5) is 39.0. The molecular formula is C11H17N3O4. The van der Waals surface area contributed by atoms with E-state index in [9.17, 15) is 14.4 Å². The largest absolute Gasteiger partial charge is 0.394 e. The van der Waals surface area contributed by atoms with Crippen LogP contribution in [-0.4, -0.2) is 77.0 Å². The van der Waals surface area contributed by atoms with E-state index >= 15 is 0 Å². The third-order valence-corrected chi connectivity index (χ3v) is 3.43. The monoisotopic (exact) mass is 255 g/mol. The lowest BCUT2D eigenvalue weighted by atomic mass is 10.2. The van der Waals surface area contributed by atoms with Crippen LogP contribution < -0.4 is 0 Å². The first-order valence-electron chi connectivity index (χ1n) is 6.00. The van der Waals surface area contributed by atoms with E-state index in [0.717, 1.165) is 17.7 Å². The molecule has 0 unspecified atom stereocenters. The second kappa shape index (κ2) is 4.93. The van der Waals surface area contributed by atoms with Gasteiger partial charge in [0, 0.05) is 13.6 Å². The molecule has 1 N–H and O–H groups in total. The molecule has 2 aliphatic rings. The van der Waals surface area contributed by atoms with Crippen molar-refractivity contribution in [3.63, 3.8) is 0 Å². The Morgan fingerprint density at radius 1 is 1.44 bits per heavy atom. The minimum absolute atomic E-state index is 0.0234. The molecule has 0 spiro atoms. The number of aliphatic hydroxyl groups is 1. The smallest absolute Gasteiger partial charge is 0.327 e. The van der Waals surface area contributed by atoms with Gasteiger partial charge in [-0.25, -0.2) is 4.79 Å². The Hall–Kier alpha value is -1.63. The number of carbonyl (C=O) groups excluding carboxylic acids is 3. The summed E-state index contributed by atoms with van der Waals surface area (Å²) in [7, 11) is 1.52. The van der Waals surface area contributed by atoms with Gasteiger partial charge in [0.15, 0.2) is 0 Å². The van der Waals surface area contributed by atoms with Crippen LogP contribution in [0.3, 0.4) is 0 Å². The topological polar surface area (TPSA) is 81.2 Å². The van der Waals surface area contributed by atoms with Gasteiger partial charge in [-0.1, -0.05) is 0 Å². The summed E-state index contributed by atoms with van der Waals surface area (Å²) >= 11 is 0. The predicted octanol–water partition coefficient (Wildman–Crippen LogP) is -1.14. The van der Waals surface area contributed by atoms with Gasteiger partial charge in [0.1, 0.15) is 13.1 Å². The van der Waals surface area contributed by atoms with Crippen molar-refractivity contribution in [3.05, 3.63) is 0 Å². The lowest BCUT2D eigenvalue weighted by Gasteiger charge is -2.25. The van der Waals surface area contributed by atoms with E-state index < -0.39 is 6.03 Å². The molecule has 2 heterocycles. The minimum Gasteiger partial charge on any atom is -0.394 e. The lowest BCUT2D eigenvalue weighted by molar-refractivity contribution is -0.137. The standard InChI is InChI=1S/C11H17N3O4/c1-12-5-9(16)14(11(12)18)6-10(17)13-4-2-3-8(13)7-15/h8,15H,2-7H2,1H3/t8-/m0/s1. The van der Waals surface area contributed by atoms with E-state index in [1.807, 2.05) is 0 Å². The Morgan fingerprint density at radius 3 is 2.72 bits per heavy atom. The molecule has 0 aliphatic carbocycles. The van der Waals surface area contributed by atoms with Gasteiger partial charge < -0.3 is 14.9 Å². The molecule has 2 rings (SSSR count). The van der Waals surface area contributed by atoms with Crippen LogP contribution in [0.5, 0.6) is 0 Å². The molecule has 2 aliphatic heterocycles. The second-order valence-electron chi connectivity index (χ2n) is 4.68. The third-order valence-electron chi connectivity index (χ3n) is 3.43. The van der Waals surface area contributed by atoms with Gasteiger partial charge >= 0.3 is 6.03 Å². The summed E-state index contributed by atoms with van der Waals surface area (Å²) in [6, 6.07) is -0.615. The van der Waals surface area contributed by atoms with Crippen LogP contribution in [0.25, 0.3) is 0 Å². The molecule has 0 radical (unpaired) electrons. The fourth-order valence-electron chi connectivity index (χ4n) is 2.40. The Morgan fingerprint density at radius 2 is 2.17 bits per heavy atom. The van der Waals surface area contributed by atoms with E-state index in [1.165, 1.54) is 11.9 Å². The number of hydrogen-bond acceptors (Lipinski definition) is 4. The SMILES string of the molecule is CN1CC(=O)N(CC(=O)N2CCC[C@H]2CO)C1=O. The second-order valence-corrected chi connectivity index (χ2v) is 4.68. The molecule has 18 heavy (non-hydrogen) atoms. The number of imide groups is 1. The Labute approximate surface area is 105 Å². The van der Waals surface area contributed by atoms with Crippen LogP contribution in [0.15, 0.2) is 0 Å². The summed E-state index contributed by atoms with van der Waals surface area (Å²) in [5, 5.41) is 9.14. The van der Waals surface area contributed by atoms with Gasteiger partial charge in [-0.15, -0.1) is 0 Å². The number of aliphatic hydroxyl groups excluding tert-OH is 1. The average molecular weight is 255 g/mol. The maximum Gasteiger partial charge on any atom is 0.327 e. The van der Waals surface area contributed by atoms with E-state index in [4.69, 9.17) is 5.11 Å². The lowest BCUT2D eigenvalue weighted by Crippen LogP contribution is -2.45. The summed E-state index contributed by atoms with van der Waals surface area (Å²) in [5.74, 6) is -0.626. The zero-order chi connectivity index (χ0) is 13.3. The molecule has 7 nitrogen and oxygen atoms in total. The third kappa shape index (κ3) is 2.17. The number of carbonyl (C=O) groups is 3. The molecule has 1 atom stereocenters. The molecule has 2 fully saturated rings. The highest BCUT2D eigenvalue weighted by atomic mass is 16.3. The molecule has 2 saturated heterocycles. The molecular weight excluding hydrogens is 238 g/mol. The fourth-order valence-corrected chi connectivity index (χ4v) is 2.40. The van der Waals surface area contributed by atoms with Crippen molar-refractivity contribution in [3.8, 4) is 0 Å².